The number of morpholine rings is 1. The molecule has 1 heterocycles. The summed E-state index contributed by atoms with van der Waals surface area (Å²) in [6.07, 6.45) is 0.698. The average molecular weight is 228 g/mol. The highest BCUT2D eigenvalue weighted by atomic mass is 16.5. The normalized spacial score (nSPS) is 28.7. The molecule has 1 N–H and O–H groups in total. The predicted octanol–water partition coefficient (Wildman–Crippen LogP) is 1.87. The first-order valence-corrected chi connectivity index (χ1v) is 6.45. The van der Waals surface area contributed by atoms with Gasteiger partial charge in [0.25, 0.3) is 0 Å². The van der Waals surface area contributed by atoms with Gasteiger partial charge in [-0.3, -0.25) is 4.90 Å². The standard InChI is InChI=1S/C13H28N2O/c1-10(2)14-9-13(5,6)15-7-11(3)16-12(4)8-15/h10-12,14H,7-9H2,1-6H3. The van der Waals surface area contributed by atoms with Gasteiger partial charge in [-0.1, -0.05) is 13.8 Å². The van der Waals surface area contributed by atoms with Crippen LogP contribution in [-0.4, -0.2) is 48.3 Å². The monoisotopic (exact) mass is 228 g/mol. The van der Waals surface area contributed by atoms with Crippen LogP contribution in [0, 0.1) is 0 Å². The van der Waals surface area contributed by atoms with E-state index in [0.29, 0.717) is 18.2 Å². The average Bonchev–Trinajstić information content (AvgIpc) is 2.13. The van der Waals surface area contributed by atoms with E-state index in [4.69, 9.17) is 4.74 Å². The molecule has 0 saturated carbocycles. The van der Waals surface area contributed by atoms with E-state index in [2.05, 4.69) is 51.8 Å². The molecule has 3 heteroatoms. The minimum Gasteiger partial charge on any atom is -0.373 e. The summed E-state index contributed by atoms with van der Waals surface area (Å²) >= 11 is 0. The van der Waals surface area contributed by atoms with Crippen molar-refractivity contribution in [3.63, 3.8) is 0 Å². The van der Waals surface area contributed by atoms with Crippen molar-refractivity contribution in [2.45, 2.75) is 65.3 Å². The molecule has 3 nitrogen and oxygen atoms in total. The largest absolute Gasteiger partial charge is 0.373 e. The number of hydrogen-bond donors (Lipinski definition) is 1. The van der Waals surface area contributed by atoms with Crippen LogP contribution in [0.3, 0.4) is 0 Å². The molecular weight excluding hydrogens is 200 g/mol. The number of hydrogen-bond acceptors (Lipinski definition) is 3. The van der Waals surface area contributed by atoms with Gasteiger partial charge in [0.15, 0.2) is 0 Å². The van der Waals surface area contributed by atoms with Crippen LogP contribution < -0.4 is 5.32 Å². The molecular formula is C13H28N2O. The topological polar surface area (TPSA) is 24.5 Å². The van der Waals surface area contributed by atoms with Crippen molar-refractivity contribution in [3.05, 3.63) is 0 Å². The highest BCUT2D eigenvalue weighted by Gasteiger charge is 2.32. The van der Waals surface area contributed by atoms with E-state index in [9.17, 15) is 0 Å². The molecule has 2 unspecified atom stereocenters. The summed E-state index contributed by atoms with van der Waals surface area (Å²) in [5.41, 5.74) is 0.205. The molecule has 1 saturated heterocycles. The van der Waals surface area contributed by atoms with E-state index >= 15 is 0 Å². The number of nitrogens with one attached hydrogen (secondary N) is 1. The van der Waals surface area contributed by atoms with Crippen molar-refractivity contribution in [1.82, 2.24) is 10.2 Å². The highest BCUT2D eigenvalue weighted by Crippen LogP contribution is 2.20. The van der Waals surface area contributed by atoms with Gasteiger partial charge in [0.05, 0.1) is 12.2 Å². The number of rotatable bonds is 4. The first-order chi connectivity index (χ1) is 7.31. The van der Waals surface area contributed by atoms with Gasteiger partial charge in [0, 0.05) is 31.2 Å². The van der Waals surface area contributed by atoms with Gasteiger partial charge in [-0.2, -0.15) is 0 Å². The minimum absolute atomic E-state index is 0.205. The lowest BCUT2D eigenvalue weighted by Crippen LogP contribution is -2.58. The van der Waals surface area contributed by atoms with Gasteiger partial charge in [0.2, 0.25) is 0 Å². The molecule has 1 aliphatic heterocycles. The van der Waals surface area contributed by atoms with Gasteiger partial charge in [-0.05, 0) is 27.7 Å². The lowest BCUT2D eigenvalue weighted by Gasteiger charge is -2.45. The van der Waals surface area contributed by atoms with Crippen molar-refractivity contribution in [2.75, 3.05) is 19.6 Å². The van der Waals surface area contributed by atoms with E-state index in [-0.39, 0.29) is 5.54 Å². The molecule has 1 aliphatic rings. The molecule has 1 fully saturated rings. The second kappa shape index (κ2) is 5.48. The molecule has 96 valence electrons. The summed E-state index contributed by atoms with van der Waals surface area (Å²) in [6.45, 7) is 16.4. The molecule has 0 radical (unpaired) electrons. The third kappa shape index (κ3) is 4.04. The van der Waals surface area contributed by atoms with Crippen LogP contribution in [0.2, 0.25) is 0 Å². The Bertz CT molecular complexity index is 206. The van der Waals surface area contributed by atoms with Crippen LogP contribution in [-0.2, 0) is 4.74 Å². The zero-order valence-corrected chi connectivity index (χ0v) is 11.7. The Morgan fingerprint density at radius 3 is 2.19 bits per heavy atom. The molecule has 2 atom stereocenters. The second-order valence-electron chi connectivity index (χ2n) is 6.01. The zero-order chi connectivity index (χ0) is 12.3. The maximum Gasteiger partial charge on any atom is 0.0678 e. The van der Waals surface area contributed by atoms with Crippen LogP contribution >= 0.6 is 0 Å². The molecule has 0 aromatic heterocycles. The third-order valence-electron chi connectivity index (χ3n) is 3.22. The Hall–Kier alpha value is -0.120. The van der Waals surface area contributed by atoms with E-state index in [0.717, 1.165) is 19.6 Å². The van der Waals surface area contributed by atoms with Crippen LogP contribution in [0.5, 0.6) is 0 Å². The fraction of sp³-hybridized carbons (Fsp3) is 1.00. The summed E-state index contributed by atoms with van der Waals surface area (Å²) in [5.74, 6) is 0. The van der Waals surface area contributed by atoms with E-state index in [1.165, 1.54) is 0 Å². The maximum absolute atomic E-state index is 5.78. The SMILES string of the molecule is CC(C)NCC(C)(C)N1CC(C)OC(C)C1. The molecule has 0 aliphatic carbocycles. The highest BCUT2D eigenvalue weighted by molar-refractivity contribution is 4.88. The molecule has 0 aromatic rings. The van der Waals surface area contributed by atoms with Crippen molar-refractivity contribution in [3.8, 4) is 0 Å². The maximum atomic E-state index is 5.78. The Morgan fingerprint density at radius 2 is 1.75 bits per heavy atom. The second-order valence-corrected chi connectivity index (χ2v) is 6.01. The molecule has 0 aromatic carbocycles. The molecule has 0 spiro atoms. The number of nitrogens with zero attached hydrogens (tertiary/aromatic N) is 1. The fourth-order valence-electron chi connectivity index (χ4n) is 2.24. The molecule has 1 rings (SSSR count). The molecule has 16 heavy (non-hydrogen) atoms. The van der Waals surface area contributed by atoms with E-state index < -0.39 is 0 Å². The van der Waals surface area contributed by atoms with E-state index in [1.54, 1.807) is 0 Å². The Balaban J connectivity index is 2.52. The Labute approximate surface area is 101 Å². The third-order valence-corrected chi connectivity index (χ3v) is 3.22. The lowest BCUT2D eigenvalue weighted by atomic mass is 10.00. The van der Waals surface area contributed by atoms with Crippen molar-refractivity contribution >= 4 is 0 Å². The van der Waals surface area contributed by atoms with Gasteiger partial charge in [-0.25, -0.2) is 0 Å². The number of ether oxygens (including phenoxy) is 1. The van der Waals surface area contributed by atoms with Gasteiger partial charge in [0.1, 0.15) is 0 Å². The Kier molecular flexibility index (Phi) is 4.77. The van der Waals surface area contributed by atoms with Gasteiger partial charge < -0.3 is 10.1 Å². The predicted molar refractivity (Wildman–Crippen MR) is 68.8 cm³/mol. The van der Waals surface area contributed by atoms with Crippen LogP contribution in [0.25, 0.3) is 0 Å². The zero-order valence-electron chi connectivity index (χ0n) is 11.7. The van der Waals surface area contributed by atoms with Gasteiger partial charge in [-0.15, -0.1) is 0 Å². The smallest absolute Gasteiger partial charge is 0.0678 e. The van der Waals surface area contributed by atoms with Crippen molar-refractivity contribution in [2.24, 2.45) is 0 Å². The van der Waals surface area contributed by atoms with Gasteiger partial charge >= 0.3 is 0 Å². The summed E-state index contributed by atoms with van der Waals surface area (Å²) in [6, 6.07) is 0.551. The Morgan fingerprint density at radius 1 is 1.25 bits per heavy atom. The van der Waals surface area contributed by atoms with E-state index in [1.807, 2.05) is 0 Å². The minimum atomic E-state index is 0.205. The quantitative estimate of drug-likeness (QED) is 0.795. The fourth-order valence-corrected chi connectivity index (χ4v) is 2.24. The summed E-state index contributed by atoms with van der Waals surface area (Å²) in [5, 5.41) is 3.53. The summed E-state index contributed by atoms with van der Waals surface area (Å²) < 4.78 is 5.78. The first-order valence-electron chi connectivity index (χ1n) is 6.45. The van der Waals surface area contributed by atoms with Crippen LogP contribution in [0.1, 0.15) is 41.5 Å². The first kappa shape index (κ1) is 13.9. The summed E-state index contributed by atoms with van der Waals surface area (Å²) in [7, 11) is 0. The van der Waals surface area contributed by atoms with Crippen molar-refractivity contribution < 1.29 is 4.74 Å². The molecule has 0 amide bonds. The van der Waals surface area contributed by atoms with Crippen LogP contribution in [0.4, 0.5) is 0 Å². The van der Waals surface area contributed by atoms with Crippen LogP contribution in [0.15, 0.2) is 0 Å². The summed E-state index contributed by atoms with van der Waals surface area (Å²) in [4.78, 5) is 2.54. The molecule has 0 bridgehead atoms. The van der Waals surface area contributed by atoms with Crippen molar-refractivity contribution in [1.29, 1.82) is 0 Å². The lowest BCUT2D eigenvalue weighted by molar-refractivity contribution is -0.0954.